The van der Waals surface area contributed by atoms with Gasteiger partial charge in [-0.15, -0.1) is 0 Å². The van der Waals surface area contributed by atoms with E-state index in [9.17, 15) is 9.18 Å². The summed E-state index contributed by atoms with van der Waals surface area (Å²) in [6, 6.07) is 3.76. The lowest BCUT2D eigenvalue weighted by Gasteiger charge is -2.13. The normalized spacial score (nSPS) is 16.7. The van der Waals surface area contributed by atoms with Crippen molar-refractivity contribution in [2.75, 3.05) is 11.4 Å². The fourth-order valence-electron chi connectivity index (χ4n) is 1.40. The van der Waals surface area contributed by atoms with E-state index in [-0.39, 0.29) is 11.7 Å². The molecule has 1 radical (unpaired) electrons. The fourth-order valence-corrected chi connectivity index (χ4v) is 1.40. The van der Waals surface area contributed by atoms with Crippen molar-refractivity contribution >= 4 is 11.7 Å². The first-order valence-corrected chi connectivity index (χ1v) is 4.11. The minimum Gasteiger partial charge on any atom is -0.294 e. The first kappa shape index (κ1) is 8.16. The average Bonchev–Trinajstić information content (AvgIpc) is 2.52. The Morgan fingerprint density at radius 1 is 1.62 bits per heavy atom. The zero-order valence-electron chi connectivity index (χ0n) is 6.96. The maximum absolute atomic E-state index is 13.1. The molecule has 0 atom stereocenters. The van der Waals surface area contributed by atoms with E-state index < -0.39 is 5.82 Å². The summed E-state index contributed by atoms with van der Waals surface area (Å²) in [5.41, 5.74) is 0. The third-order valence-corrected chi connectivity index (χ3v) is 2.01. The molecule has 0 aromatic carbocycles. The number of halogens is 1. The van der Waals surface area contributed by atoms with Gasteiger partial charge in [0.05, 0.1) is 0 Å². The van der Waals surface area contributed by atoms with E-state index >= 15 is 0 Å². The van der Waals surface area contributed by atoms with Crippen LogP contribution < -0.4 is 4.90 Å². The molecule has 1 aliphatic heterocycles. The molecule has 1 saturated heterocycles. The zero-order valence-corrected chi connectivity index (χ0v) is 6.96. The first-order chi connectivity index (χ1) is 6.29. The van der Waals surface area contributed by atoms with Crippen LogP contribution in [0.5, 0.6) is 0 Å². The molecule has 2 heterocycles. The highest BCUT2D eigenvalue weighted by Crippen LogP contribution is 2.20. The van der Waals surface area contributed by atoms with Crippen molar-refractivity contribution in [3.8, 4) is 0 Å². The van der Waals surface area contributed by atoms with E-state index in [4.69, 9.17) is 0 Å². The van der Waals surface area contributed by atoms with E-state index in [1.807, 2.05) is 0 Å². The van der Waals surface area contributed by atoms with Crippen LogP contribution in [0.4, 0.5) is 10.2 Å². The highest BCUT2D eigenvalue weighted by Gasteiger charge is 2.24. The second-order valence-electron chi connectivity index (χ2n) is 2.88. The van der Waals surface area contributed by atoms with Gasteiger partial charge in [0.15, 0.2) is 11.6 Å². The molecule has 2 rings (SSSR count). The van der Waals surface area contributed by atoms with Crippen molar-refractivity contribution in [1.29, 1.82) is 0 Å². The minimum atomic E-state index is -0.558. The number of hydrogen-bond donors (Lipinski definition) is 0. The van der Waals surface area contributed by atoms with Crippen molar-refractivity contribution < 1.29 is 9.18 Å². The third-order valence-electron chi connectivity index (χ3n) is 2.01. The summed E-state index contributed by atoms with van der Waals surface area (Å²) in [5, 5.41) is 0. The Bertz CT molecular complexity index is 340. The van der Waals surface area contributed by atoms with E-state index in [0.717, 1.165) is 6.42 Å². The Hall–Kier alpha value is -1.45. The lowest BCUT2D eigenvalue weighted by molar-refractivity contribution is -0.117. The van der Waals surface area contributed by atoms with Crippen molar-refractivity contribution in [2.24, 2.45) is 0 Å². The minimum absolute atomic E-state index is 0.0639. The zero-order chi connectivity index (χ0) is 9.26. The van der Waals surface area contributed by atoms with Crippen LogP contribution in [0, 0.1) is 11.9 Å². The second-order valence-corrected chi connectivity index (χ2v) is 2.88. The number of carbonyl (C=O) groups is 1. The van der Waals surface area contributed by atoms with E-state index in [2.05, 4.69) is 11.1 Å². The number of amides is 1. The standard InChI is InChI=1S/C9H8FN2O/c10-7-3-1-5-11-9(7)12-6-2-4-8(12)13/h1,5H,2,4,6H2. The number of aromatic nitrogens is 1. The van der Waals surface area contributed by atoms with Gasteiger partial charge < -0.3 is 0 Å². The summed E-state index contributed by atoms with van der Waals surface area (Å²) in [7, 11) is 0. The van der Waals surface area contributed by atoms with Crippen molar-refractivity contribution in [3.63, 3.8) is 0 Å². The lowest BCUT2D eigenvalue weighted by Crippen LogP contribution is -2.25. The molecule has 0 unspecified atom stereocenters. The summed E-state index contributed by atoms with van der Waals surface area (Å²) in [6.45, 7) is 0.556. The van der Waals surface area contributed by atoms with Crippen LogP contribution in [0.15, 0.2) is 12.3 Å². The molecule has 3 nitrogen and oxygen atoms in total. The van der Waals surface area contributed by atoms with Gasteiger partial charge in [0, 0.05) is 25.2 Å². The van der Waals surface area contributed by atoms with Gasteiger partial charge in [-0.25, -0.2) is 9.37 Å². The van der Waals surface area contributed by atoms with Gasteiger partial charge in [0.25, 0.3) is 0 Å². The van der Waals surface area contributed by atoms with Gasteiger partial charge in [-0.1, -0.05) is 0 Å². The summed E-state index contributed by atoms with van der Waals surface area (Å²) in [5.74, 6) is -0.520. The van der Waals surface area contributed by atoms with Crippen LogP contribution in [0.3, 0.4) is 0 Å². The summed E-state index contributed by atoms with van der Waals surface area (Å²) < 4.78 is 13.1. The van der Waals surface area contributed by atoms with Crippen molar-refractivity contribution in [2.45, 2.75) is 12.8 Å². The van der Waals surface area contributed by atoms with Crippen LogP contribution in [0.25, 0.3) is 0 Å². The maximum Gasteiger partial charge on any atom is 0.228 e. The highest BCUT2D eigenvalue weighted by molar-refractivity contribution is 5.94. The Morgan fingerprint density at radius 3 is 3.08 bits per heavy atom. The van der Waals surface area contributed by atoms with Gasteiger partial charge in [0.1, 0.15) is 0 Å². The number of anilines is 1. The molecule has 1 amide bonds. The topological polar surface area (TPSA) is 33.2 Å². The summed E-state index contributed by atoms with van der Waals surface area (Å²) in [6.07, 6.45) is 2.69. The Kier molecular flexibility index (Phi) is 1.96. The Labute approximate surface area is 75.2 Å². The van der Waals surface area contributed by atoms with Crippen molar-refractivity contribution in [3.05, 3.63) is 24.1 Å². The molecule has 67 valence electrons. The molecule has 1 aromatic rings. The molecule has 4 heteroatoms. The van der Waals surface area contributed by atoms with Gasteiger partial charge in [-0.3, -0.25) is 9.69 Å². The van der Waals surface area contributed by atoms with Gasteiger partial charge in [-0.2, -0.15) is 0 Å². The number of pyridine rings is 1. The molecule has 0 spiro atoms. The van der Waals surface area contributed by atoms with E-state index in [1.165, 1.54) is 17.2 Å². The fraction of sp³-hybridized carbons (Fsp3) is 0.333. The molecular formula is C9H8FN2O. The largest absolute Gasteiger partial charge is 0.294 e. The number of hydrogen-bond acceptors (Lipinski definition) is 2. The molecule has 1 aromatic heterocycles. The molecule has 1 fully saturated rings. The first-order valence-electron chi connectivity index (χ1n) is 4.11. The van der Waals surface area contributed by atoms with Crippen LogP contribution in [0.2, 0.25) is 0 Å². The Balaban J connectivity index is 2.34. The molecule has 0 aliphatic carbocycles. The van der Waals surface area contributed by atoms with Crippen molar-refractivity contribution in [1.82, 2.24) is 4.98 Å². The summed E-state index contributed by atoms with van der Waals surface area (Å²) in [4.78, 5) is 16.4. The maximum atomic E-state index is 13.1. The lowest BCUT2D eigenvalue weighted by atomic mass is 10.4. The Morgan fingerprint density at radius 2 is 2.46 bits per heavy atom. The van der Waals surface area contributed by atoms with Gasteiger partial charge in [0.2, 0.25) is 5.91 Å². The second kappa shape index (κ2) is 3.12. The van der Waals surface area contributed by atoms with Gasteiger partial charge in [-0.05, 0) is 12.5 Å². The molecule has 13 heavy (non-hydrogen) atoms. The van der Waals surface area contributed by atoms with E-state index in [0.29, 0.717) is 13.0 Å². The predicted octanol–water partition coefficient (Wildman–Crippen LogP) is 1.15. The van der Waals surface area contributed by atoms with Gasteiger partial charge >= 0.3 is 0 Å². The average molecular weight is 179 g/mol. The quantitative estimate of drug-likeness (QED) is 0.647. The summed E-state index contributed by atoms with van der Waals surface area (Å²) >= 11 is 0. The van der Waals surface area contributed by atoms with Crippen LogP contribution in [0.1, 0.15) is 12.8 Å². The van der Waals surface area contributed by atoms with Crippen LogP contribution in [-0.2, 0) is 4.79 Å². The molecule has 1 aliphatic rings. The smallest absolute Gasteiger partial charge is 0.228 e. The van der Waals surface area contributed by atoms with Crippen LogP contribution >= 0.6 is 0 Å². The predicted molar refractivity (Wildman–Crippen MR) is 44.6 cm³/mol. The monoisotopic (exact) mass is 179 g/mol. The number of nitrogens with zero attached hydrogens (tertiary/aromatic N) is 2. The molecule has 0 N–H and O–H groups in total. The number of carbonyl (C=O) groups excluding carboxylic acids is 1. The van der Waals surface area contributed by atoms with Crippen LogP contribution in [-0.4, -0.2) is 17.4 Å². The third kappa shape index (κ3) is 1.39. The number of rotatable bonds is 1. The van der Waals surface area contributed by atoms with E-state index in [1.54, 1.807) is 0 Å². The SMILES string of the molecule is O=C1CCCN1c1ncc[c]c1F. The molecular weight excluding hydrogens is 171 g/mol. The molecule has 0 bridgehead atoms. The highest BCUT2D eigenvalue weighted by atomic mass is 19.1. The molecule has 0 saturated carbocycles.